The van der Waals surface area contributed by atoms with Crippen LogP contribution in [0, 0.1) is 0 Å². The van der Waals surface area contributed by atoms with Crippen molar-refractivity contribution in [2.75, 3.05) is 13.2 Å². The Morgan fingerprint density at radius 3 is 1.36 bits per heavy atom. The average molecular weight is 364 g/mol. The summed E-state index contributed by atoms with van der Waals surface area (Å²) < 4.78 is 9.72. The van der Waals surface area contributed by atoms with Crippen molar-refractivity contribution in [3.05, 3.63) is 0 Å². The molecule has 0 aliphatic rings. The smallest absolute Gasteiger partial charge is 0.432 e. The quantitative estimate of drug-likeness (QED) is 0.213. The van der Waals surface area contributed by atoms with Crippen molar-refractivity contribution in [3.63, 3.8) is 0 Å². The van der Waals surface area contributed by atoms with E-state index in [4.69, 9.17) is 19.2 Å². The summed E-state index contributed by atoms with van der Waals surface area (Å²) in [6.45, 7) is 11.5. The molecule has 0 N–H and O–H groups in total. The molecule has 0 saturated heterocycles. The Morgan fingerprint density at radius 1 is 0.680 bits per heavy atom. The Bertz CT molecular complexity index is 356. The van der Waals surface area contributed by atoms with Crippen LogP contribution in [0.5, 0.6) is 0 Å². The summed E-state index contributed by atoms with van der Waals surface area (Å²) in [5.74, 6) is 0. The minimum Gasteiger partial charge on any atom is -0.432 e. The summed E-state index contributed by atoms with van der Waals surface area (Å²) in [4.78, 5) is 41.6. The molecule has 0 amide bonds. The van der Waals surface area contributed by atoms with Gasteiger partial charge in [0.05, 0.1) is 13.2 Å². The summed E-state index contributed by atoms with van der Waals surface area (Å²) in [5, 5.41) is 0. The van der Waals surface area contributed by atoms with E-state index in [0.717, 1.165) is 0 Å². The highest BCUT2D eigenvalue weighted by atomic mass is 17.2. The molecule has 0 fully saturated rings. The molecule has 0 unspecified atom stereocenters. The molecule has 0 aliphatic carbocycles. The third-order valence-corrected chi connectivity index (χ3v) is 3.60. The monoisotopic (exact) mass is 364 g/mol. The maximum atomic E-state index is 11.3. The molecule has 8 heteroatoms. The summed E-state index contributed by atoms with van der Waals surface area (Å²) in [7, 11) is 0. The van der Waals surface area contributed by atoms with Crippen molar-refractivity contribution in [2.24, 2.45) is 0 Å². The molecule has 0 bridgehead atoms. The Balaban J connectivity index is 3.55. The van der Waals surface area contributed by atoms with Crippen LogP contribution in [0.4, 0.5) is 9.59 Å². The van der Waals surface area contributed by atoms with Crippen molar-refractivity contribution < 1.29 is 38.6 Å². The van der Waals surface area contributed by atoms with Crippen LogP contribution in [0.2, 0.25) is 0 Å². The highest BCUT2D eigenvalue weighted by Crippen LogP contribution is 2.15. The Morgan fingerprint density at radius 2 is 1.04 bits per heavy atom. The van der Waals surface area contributed by atoms with Gasteiger partial charge in [-0.15, -0.1) is 0 Å². The van der Waals surface area contributed by atoms with Crippen LogP contribution in [0.15, 0.2) is 0 Å². The van der Waals surface area contributed by atoms with Crippen LogP contribution in [0.25, 0.3) is 0 Å². The number of rotatable bonds is 12. The predicted molar refractivity (Wildman–Crippen MR) is 89.6 cm³/mol. The number of hydrogen-bond acceptors (Lipinski definition) is 8. The molecule has 0 aromatic carbocycles. The third kappa shape index (κ3) is 13.4. The van der Waals surface area contributed by atoms with Crippen LogP contribution in [-0.4, -0.2) is 36.7 Å². The maximum absolute atomic E-state index is 11.3. The third-order valence-electron chi connectivity index (χ3n) is 3.60. The standard InChI is InChI=1S/C17H32O8/c1-7-16(3,4)24-22-14(18)20-12-10-9-11-13-21-15(19)23-25-17(5,6)8-2/h7-13H2,1-6H3. The predicted octanol–water partition coefficient (Wildman–Crippen LogP) is 4.70. The van der Waals surface area contributed by atoms with Gasteiger partial charge in [-0.3, -0.25) is 9.78 Å². The van der Waals surface area contributed by atoms with Crippen LogP contribution >= 0.6 is 0 Å². The van der Waals surface area contributed by atoms with E-state index in [2.05, 4.69) is 9.78 Å². The lowest BCUT2D eigenvalue weighted by molar-refractivity contribution is -0.317. The number of carbonyl (C=O) groups is 2. The van der Waals surface area contributed by atoms with Gasteiger partial charge in [0, 0.05) is 0 Å². The second-order valence-corrected chi connectivity index (χ2v) is 6.82. The molecule has 0 aromatic rings. The van der Waals surface area contributed by atoms with Crippen molar-refractivity contribution in [3.8, 4) is 0 Å². The molecular weight excluding hydrogens is 332 g/mol. The van der Waals surface area contributed by atoms with Crippen molar-refractivity contribution in [2.45, 2.75) is 84.8 Å². The normalized spacial score (nSPS) is 11.8. The van der Waals surface area contributed by atoms with Gasteiger partial charge in [-0.05, 0) is 59.8 Å². The Kier molecular flexibility index (Phi) is 11.2. The topological polar surface area (TPSA) is 89.5 Å². The summed E-state index contributed by atoms with van der Waals surface area (Å²) in [6, 6.07) is 0. The number of hydrogen-bond donors (Lipinski definition) is 0. The van der Waals surface area contributed by atoms with Gasteiger partial charge in [0.1, 0.15) is 11.2 Å². The zero-order valence-corrected chi connectivity index (χ0v) is 16.2. The molecule has 0 aliphatic heterocycles. The molecule has 0 saturated carbocycles. The fraction of sp³-hybridized carbons (Fsp3) is 0.882. The second-order valence-electron chi connectivity index (χ2n) is 6.82. The summed E-state index contributed by atoms with van der Waals surface area (Å²) in [5.41, 5.74) is -1.08. The van der Waals surface area contributed by atoms with Crippen molar-refractivity contribution in [1.29, 1.82) is 0 Å². The van der Waals surface area contributed by atoms with Gasteiger partial charge in [0.2, 0.25) is 0 Å². The highest BCUT2D eigenvalue weighted by Gasteiger charge is 2.21. The highest BCUT2D eigenvalue weighted by molar-refractivity contribution is 5.59. The van der Waals surface area contributed by atoms with Gasteiger partial charge < -0.3 is 9.47 Å². The lowest BCUT2D eigenvalue weighted by atomic mass is 10.1. The van der Waals surface area contributed by atoms with E-state index in [1.807, 2.05) is 13.8 Å². The first-order chi connectivity index (χ1) is 11.6. The van der Waals surface area contributed by atoms with Gasteiger partial charge in [-0.1, -0.05) is 13.8 Å². The number of carbonyl (C=O) groups excluding carboxylic acids is 2. The first-order valence-corrected chi connectivity index (χ1v) is 8.66. The lowest BCUT2D eigenvalue weighted by Crippen LogP contribution is -2.25. The molecule has 0 rings (SSSR count). The van der Waals surface area contributed by atoms with Crippen LogP contribution in [0.1, 0.15) is 73.6 Å². The number of ether oxygens (including phenoxy) is 2. The molecule has 0 spiro atoms. The first kappa shape index (κ1) is 23.5. The Hall–Kier alpha value is -1.54. The minimum atomic E-state index is -0.864. The first-order valence-electron chi connectivity index (χ1n) is 8.66. The second kappa shape index (κ2) is 11.9. The molecule has 0 aromatic heterocycles. The zero-order chi connectivity index (χ0) is 19.3. The van der Waals surface area contributed by atoms with E-state index in [1.165, 1.54) is 0 Å². The van der Waals surface area contributed by atoms with E-state index < -0.39 is 23.5 Å². The van der Waals surface area contributed by atoms with Crippen LogP contribution < -0.4 is 0 Å². The van der Waals surface area contributed by atoms with Gasteiger partial charge in [-0.25, -0.2) is 9.59 Å². The molecule has 8 nitrogen and oxygen atoms in total. The van der Waals surface area contributed by atoms with E-state index in [-0.39, 0.29) is 13.2 Å². The Labute approximate surface area is 149 Å². The van der Waals surface area contributed by atoms with Crippen LogP contribution in [-0.2, 0) is 29.0 Å². The molecule has 25 heavy (non-hydrogen) atoms. The van der Waals surface area contributed by atoms with E-state index in [1.54, 1.807) is 27.7 Å². The molecule has 0 radical (unpaired) electrons. The number of unbranched alkanes of at least 4 members (excludes halogenated alkanes) is 2. The van der Waals surface area contributed by atoms with E-state index in [9.17, 15) is 9.59 Å². The van der Waals surface area contributed by atoms with E-state index >= 15 is 0 Å². The van der Waals surface area contributed by atoms with Gasteiger partial charge in [-0.2, -0.15) is 9.78 Å². The summed E-state index contributed by atoms with van der Waals surface area (Å²) >= 11 is 0. The maximum Gasteiger partial charge on any atom is 0.540 e. The average Bonchev–Trinajstić information content (AvgIpc) is 2.57. The lowest BCUT2D eigenvalue weighted by Gasteiger charge is -2.20. The van der Waals surface area contributed by atoms with Gasteiger partial charge >= 0.3 is 12.3 Å². The molecule has 0 atom stereocenters. The largest absolute Gasteiger partial charge is 0.540 e. The van der Waals surface area contributed by atoms with Crippen molar-refractivity contribution >= 4 is 12.3 Å². The molecule has 0 heterocycles. The fourth-order valence-electron chi connectivity index (χ4n) is 1.15. The van der Waals surface area contributed by atoms with Crippen LogP contribution in [0.3, 0.4) is 0 Å². The van der Waals surface area contributed by atoms with E-state index in [0.29, 0.717) is 32.1 Å². The molecule has 148 valence electrons. The minimum absolute atomic E-state index is 0.201. The molecular formula is C17H32O8. The van der Waals surface area contributed by atoms with Crippen molar-refractivity contribution in [1.82, 2.24) is 0 Å². The van der Waals surface area contributed by atoms with Gasteiger partial charge in [0.25, 0.3) is 0 Å². The fourth-order valence-corrected chi connectivity index (χ4v) is 1.15. The SMILES string of the molecule is CCC(C)(C)OOC(=O)OCCCCCOC(=O)OOC(C)(C)CC. The van der Waals surface area contributed by atoms with Gasteiger partial charge in [0.15, 0.2) is 0 Å². The zero-order valence-electron chi connectivity index (χ0n) is 16.2. The summed E-state index contributed by atoms with van der Waals surface area (Å²) in [6.07, 6.45) is 1.61.